The van der Waals surface area contributed by atoms with Crippen molar-refractivity contribution in [2.45, 2.75) is 89.2 Å². The van der Waals surface area contributed by atoms with E-state index in [1.165, 1.54) is 38.3 Å². The first-order valence-corrected chi connectivity index (χ1v) is 19.6. The molecule has 2 fully saturated rings. The van der Waals surface area contributed by atoms with Crippen molar-refractivity contribution in [3.63, 3.8) is 0 Å². The molecular weight excluding hydrogens is 763 g/mol. The van der Waals surface area contributed by atoms with E-state index in [-0.39, 0.29) is 46.9 Å². The molecule has 7 rings (SSSR count). The number of hydrogen-bond acceptors (Lipinski definition) is 9. The van der Waals surface area contributed by atoms with E-state index in [1.54, 1.807) is 18.8 Å². The van der Waals surface area contributed by atoms with Gasteiger partial charge in [0.25, 0.3) is 5.91 Å². The van der Waals surface area contributed by atoms with Gasteiger partial charge in [-0.05, 0) is 50.8 Å². The number of fused-ring (bicyclic) bond motifs is 3. The van der Waals surface area contributed by atoms with Crippen molar-refractivity contribution in [1.29, 1.82) is 0 Å². The highest BCUT2D eigenvalue weighted by Crippen LogP contribution is 2.49. The van der Waals surface area contributed by atoms with Crippen LogP contribution < -0.4 is 15.4 Å². The van der Waals surface area contributed by atoms with Gasteiger partial charge in [0.1, 0.15) is 5.82 Å². The molecule has 10 nitrogen and oxygen atoms in total. The lowest BCUT2D eigenvalue weighted by atomic mass is 9.93. The number of halogens is 6. The van der Waals surface area contributed by atoms with Gasteiger partial charge in [0.2, 0.25) is 0 Å². The van der Waals surface area contributed by atoms with Crippen molar-refractivity contribution in [2.75, 3.05) is 51.5 Å². The second kappa shape index (κ2) is 17.8. The van der Waals surface area contributed by atoms with Crippen molar-refractivity contribution in [1.82, 2.24) is 29.5 Å². The predicted octanol–water partition coefficient (Wildman–Crippen LogP) is 7.82. The van der Waals surface area contributed by atoms with E-state index >= 15 is 4.39 Å². The van der Waals surface area contributed by atoms with Crippen LogP contribution in [-0.4, -0.2) is 82.3 Å². The summed E-state index contributed by atoms with van der Waals surface area (Å²) < 4.78 is 77.5. The highest BCUT2D eigenvalue weighted by molar-refractivity contribution is 7.98. The number of alkyl halides is 3. The summed E-state index contributed by atoms with van der Waals surface area (Å²) in [6, 6.07) is 1.63. The number of nitrogen functional groups attached to an aromatic ring is 1. The standard InChI is InChI=1S/C28H28ClF4N7O2S.C8H12FN.C2H6/c1-5-7-14-10-16(34)23(30)20(21(14)28(31,32)33)19-11-17-15(13-43-19)25(36-27(35-17)42-4)39-8-6-9-40-18(12-39)22(29)24(37-40)26(41)38(2)3;9-5-7-4-8-2-1-3-10(8)6-7;1-2/h10,19H,6,8-9,11-13,34H2,1-4H3;5,8H,1-4,6H2;1-2H3/b;7-5-;. The number of hydrogen-bond donors (Lipinski definition) is 1. The Bertz CT molecular complexity index is 1980. The number of carbonyl (C=O) groups excluding carboxylic acids is 1. The fourth-order valence-electron chi connectivity index (χ4n) is 7.36. The van der Waals surface area contributed by atoms with E-state index in [0.29, 0.717) is 48.3 Å². The number of methoxy groups -OCH3 is 1. The second-order valence-corrected chi connectivity index (χ2v) is 15.1. The molecule has 2 saturated heterocycles. The molecule has 2 unspecified atom stereocenters. The lowest BCUT2D eigenvalue weighted by molar-refractivity contribution is -0.138. The van der Waals surface area contributed by atoms with Gasteiger partial charge in [0.15, 0.2) is 11.5 Å². The normalized spacial score (nSPS) is 19.8. The average Bonchev–Trinajstić information content (AvgIpc) is 3.81. The monoisotopic (exact) mass is 808 g/mol. The largest absolute Gasteiger partial charge is 0.467 e. The Labute approximate surface area is 327 Å². The molecule has 0 spiro atoms. The van der Waals surface area contributed by atoms with Gasteiger partial charge in [-0.25, -0.2) is 8.78 Å². The number of carbonyl (C=O) groups is 1. The first kappa shape index (κ1) is 42.1. The zero-order valence-electron chi connectivity index (χ0n) is 31.8. The van der Waals surface area contributed by atoms with Gasteiger partial charge in [-0.2, -0.15) is 28.2 Å². The number of benzene rings is 1. The van der Waals surface area contributed by atoms with Crippen molar-refractivity contribution in [3.8, 4) is 17.9 Å². The number of ether oxygens (including phenoxy) is 1. The fourth-order valence-corrected chi connectivity index (χ4v) is 8.97. The van der Waals surface area contributed by atoms with Crippen LogP contribution in [0.15, 0.2) is 18.0 Å². The summed E-state index contributed by atoms with van der Waals surface area (Å²) in [5, 5.41) is 3.75. The Morgan fingerprint density at radius 2 is 1.89 bits per heavy atom. The molecule has 4 aliphatic heterocycles. The molecule has 1 aromatic carbocycles. The molecule has 3 aromatic rings. The van der Waals surface area contributed by atoms with Crippen LogP contribution in [0.4, 0.5) is 33.5 Å². The van der Waals surface area contributed by atoms with Gasteiger partial charge in [-0.1, -0.05) is 31.4 Å². The quantitative estimate of drug-likeness (QED) is 0.161. The molecule has 17 heteroatoms. The second-order valence-electron chi connectivity index (χ2n) is 13.5. The molecule has 0 saturated carbocycles. The van der Waals surface area contributed by atoms with Crippen LogP contribution >= 0.6 is 23.4 Å². The van der Waals surface area contributed by atoms with Crippen LogP contribution in [0, 0.1) is 17.7 Å². The topological polar surface area (TPSA) is 106 Å². The lowest BCUT2D eigenvalue weighted by Gasteiger charge is -2.31. The highest BCUT2D eigenvalue weighted by atomic mass is 35.5. The van der Waals surface area contributed by atoms with Gasteiger partial charge in [-0.15, -0.1) is 17.7 Å². The van der Waals surface area contributed by atoms with Crippen molar-refractivity contribution < 1.29 is 31.5 Å². The molecule has 298 valence electrons. The molecule has 0 bridgehead atoms. The zero-order chi connectivity index (χ0) is 40.2. The molecule has 2 atom stereocenters. The van der Waals surface area contributed by atoms with Gasteiger partial charge in [0, 0.05) is 73.9 Å². The van der Waals surface area contributed by atoms with Gasteiger partial charge < -0.3 is 20.3 Å². The van der Waals surface area contributed by atoms with Gasteiger partial charge >= 0.3 is 12.2 Å². The molecule has 55 heavy (non-hydrogen) atoms. The molecule has 0 radical (unpaired) electrons. The number of anilines is 2. The third-order valence-corrected chi connectivity index (χ3v) is 11.5. The molecule has 1 amide bonds. The summed E-state index contributed by atoms with van der Waals surface area (Å²) in [6.45, 7) is 8.82. The molecule has 2 N–H and O–H groups in total. The maximum absolute atomic E-state index is 15.4. The average molecular weight is 809 g/mol. The van der Waals surface area contributed by atoms with Crippen LogP contribution in [0.3, 0.4) is 0 Å². The molecular formula is C38H46ClF5N8O2S. The van der Waals surface area contributed by atoms with E-state index in [9.17, 15) is 22.4 Å². The smallest absolute Gasteiger partial charge is 0.418 e. The summed E-state index contributed by atoms with van der Waals surface area (Å²) in [5.74, 6) is 4.19. The number of rotatable bonds is 4. The van der Waals surface area contributed by atoms with E-state index in [1.807, 2.05) is 18.7 Å². The number of nitrogens with two attached hydrogens (primary N) is 1. The number of aromatic nitrogens is 4. The first-order chi connectivity index (χ1) is 26.2. The third kappa shape index (κ3) is 8.84. The summed E-state index contributed by atoms with van der Waals surface area (Å²) >= 11 is 7.79. The minimum Gasteiger partial charge on any atom is -0.467 e. The Morgan fingerprint density at radius 3 is 2.53 bits per heavy atom. The maximum atomic E-state index is 15.4. The van der Waals surface area contributed by atoms with Crippen molar-refractivity contribution in [2.24, 2.45) is 0 Å². The first-order valence-electron chi connectivity index (χ1n) is 18.2. The summed E-state index contributed by atoms with van der Waals surface area (Å²) in [7, 11) is 4.62. The molecule has 4 aliphatic rings. The lowest BCUT2D eigenvalue weighted by Crippen LogP contribution is -2.28. The van der Waals surface area contributed by atoms with Crippen LogP contribution in [0.5, 0.6) is 6.01 Å². The van der Waals surface area contributed by atoms with Crippen molar-refractivity contribution >= 4 is 40.8 Å². The summed E-state index contributed by atoms with van der Waals surface area (Å²) in [4.78, 5) is 27.5. The summed E-state index contributed by atoms with van der Waals surface area (Å²) in [6.07, 6.45) is 0.125. The van der Waals surface area contributed by atoms with Crippen LogP contribution in [0.25, 0.3) is 0 Å². The Hall–Kier alpha value is -4.07. The Balaban J connectivity index is 0.000000411. The van der Waals surface area contributed by atoms with Crippen LogP contribution in [0.2, 0.25) is 5.02 Å². The molecule has 6 heterocycles. The maximum Gasteiger partial charge on any atom is 0.418 e. The van der Waals surface area contributed by atoms with Crippen LogP contribution in [-0.2, 0) is 31.4 Å². The van der Waals surface area contributed by atoms with Crippen molar-refractivity contribution in [3.05, 3.63) is 68.1 Å². The SMILES string of the molecule is CC.CC#Cc1cc(N)c(F)c(C2Cc3nc(OC)nc(N4CCCn5nc(C(=O)N(C)C)c(Cl)c5C4)c3CS2)c1C(F)(F)F.F/C=C1/CC2CCCN2C1. The van der Waals surface area contributed by atoms with Gasteiger partial charge in [-0.3, -0.25) is 14.4 Å². The number of thioether (sulfide) groups is 1. The predicted molar refractivity (Wildman–Crippen MR) is 205 cm³/mol. The minimum atomic E-state index is -4.86. The molecule has 2 aromatic heterocycles. The number of amides is 1. The Kier molecular flexibility index (Phi) is 13.6. The zero-order valence-corrected chi connectivity index (χ0v) is 33.4. The molecule has 0 aliphatic carbocycles. The number of nitrogens with zero attached hydrogens (tertiary/aromatic N) is 7. The van der Waals surface area contributed by atoms with Crippen LogP contribution in [0.1, 0.15) is 95.8 Å². The van der Waals surface area contributed by atoms with E-state index in [0.717, 1.165) is 42.7 Å². The van der Waals surface area contributed by atoms with E-state index < -0.39 is 34.1 Å². The number of aryl methyl sites for hydroxylation is 1. The van der Waals surface area contributed by atoms with E-state index in [2.05, 4.69) is 31.8 Å². The Morgan fingerprint density at radius 1 is 1.15 bits per heavy atom. The minimum absolute atomic E-state index is 0.0216. The van der Waals surface area contributed by atoms with E-state index in [4.69, 9.17) is 22.1 Å². The summed E-state index contributed by atoms with van der Waals surface area (Å²) in [5.41, 5.74) is 6.29. The fraction of sp³-hybridized carbons (Fsp3) is 0.526. The highest BCUT2D eigenvalue weighted by Gasteiger charge is 2.42. The van der Waals surface area contributed by atoms with Gasteiger partial charge in [0.05, 0.1) is 47.6 Å². The third-order valence-electron chi connectivity index (χ3n) is 9.83.